The Morgan fingerprint density at radius 2 is 1.88 bits per heavy atom. The molecule has 0 spiro atoms. The predicted octanol–water partition coefficient (Wildman–Crippen LogP) is 2.12. The van der Waals surface area contributed by atoms with Gasteiger partial charge in [-0.1, -0.05) is 0 Å². The van der Waals surface area contributed by atoms with Gasteiger partial charge < -0.3 is 0 Å². The molecule has 0 saturated heterocycles. The summed E-state index contributed by atoms with van der Waals surface area (Å²) in [5.41, 5.74) is 0.502. The van der Waals surface area contributed by atoms with Crippen LogP contribution in [0.3, 0.4) is 0 Å². The predicted molar refractivity (Wildman–Crippen MR) is 65.2 cm³/mol. The van der Waals surface area contributed by atoms with Gasteiger partial charge in [0.25, 0.3) is 5.69 Å². The largest absolute Gasteiger partial charge is 0.296 e. The molecular formula is C12H16N2O3. The molecule has 0 radical (unpaired) electrons. The zero-order valence-corrected chi connectivity index (χ0v) is 10.2. The number of benzene rings is 1. The van der Waals surface area contributed by atoms with Crippen LogP contribution in [0.25, 0.3) is 0 Å². The number of nitro groups is 1. The van der Waals surface area contributed by atoms with Crippen molar-refractivity contribution in [3.63, 3.8) is 0 Å². The van der Waals surface area contributed by atoms with Gasteiger partial charge >= 0.3 is 0 Å². The van der Waals surface area contributed by atoms with E-state index in [-0.39, 0.29) is 17.5 Å². The van der Waals surface area contributed by atoms with Crippen LogP contribution in [-0.4, -0.2) is 35.2 Å². The third kappa shape index (κ3) is 3.64. The van der Waals surface area contributed by atoms with Crippen molar-refractivity contribution in [1.82, 2.24) is 4.90 Å². The number of rotatable bonds is 5. The van der Waals surface area contributed by atoms with Crippen molar-refractivity contribution in [1.29, 1.82) is 0 Å². The smallest absolute Gasteiger partial charge is 0.269 e. The fraction of sp³-hybridized carbons (Fsp3) is 0.417. The number of likely N-dealkylation sites (N-methyl/N-ethyl adjacent to an activating group) is 1. The Hall–Kier alpha value is -1.75. The minimum absolute atomic E-state index is 0.00114. The van der Waals surface area contributed by atoms with Crippen LogP contribution in [0.15, 0.2) is 24.3 Å². The Bertz CT molecular complexity index is 412. The Morgan fingerprint density at radius 1 is 1.35 bits per heavy atom. The molecule has 0 aliphatic heterocycles. The molecule has 0 bridgehead atoms. The van der Waals surface area contributed by atoms with E-state index in [1.165, 1.54) is 24.3 Å². The lowest BCUT2D eigenvalue weighted by molar-refractivity contribution is -0.384. The highest BCUT2D eigenvalue weighted by molar-refractivity contribution is 5.97. The van der Waals surface area contributed by atoms with Gasteiger partial charge in [0, 0.05) is 23.7 Å². The van der Waals surface area contributed by atoms with Crippen molar-refractivity contribution >= 4 is 11.5 Å². The molecule has 0 aliphatic carbocycles. The first-order valence-corrected chi connectivity index (χ1v) is 5.39. The molecule has 0 amide bonds. The van der Waals surface area contributed by atoms with Crippen LogP contribution in [0.4, 0.5) is 5.69 Å². The monoisotopic (exact) mass is 236 g/mol. The molecular weight excluding hydrogens is 220 g/mol. The van der Waals surface area contributed by atoms with E-state index in [9.17, 15) is 14.9 Å². The van der Waals surface area contributed by atoms with Gasteiger partial charge in [-0.3, -0.25) is 19.8 Å². The van der Waals surface area contributed by atoms with Gasteiger partial charge in [-0.25, -0.2) is 0 Å². The molecule has 0 fully saturated rings. The maximum Gasteiger partial charge on any atom is 0.269 e. The van der Waals surface area contributed by atoms with Crippen molar-refractivity contribution in [2.75, 3.05) is 13.6 Å². The average molecular weight is 236 g/mol. The topological polar surface area (TPSA) is 63.5 Å². The zero-order valence-electron chi connectivity index (χ0n) is 10.2. The maximum absolute atomic E-state index is 11.8. The third-order valence-corrected chi connectivity index (χ3v) is 2.67. The number of Topliss-reactive ketones (excluding diaryl/α,β-unsaturated/α-hetero) is 1. The summed E-state index contributed by atoms with van der Waals surface area (Å²) in [5.74, 6) is -0.0314. The summed E-state index contributed by atoms with van der Waals surface area (Å²) in [6.07, 6.45) is 0. The van der Waals surface area contributed by atoms with Crippen molar-refractivity contribution in [2.24, 2.45) is 0 Å². The maximum atomic E-state index is 11.8. The number of carbonyl (C=O) groups is 1. The number of carbonyl (C=O) groups excluding carboxylic acids is 1. The summed E-state index contributed by atoms with van der Waals surface area (Å²) in [7, 11) is 1.87. The molecule has 0 aromatic heterocycles. The minimum Gasteiger partial charge on any atom is -0.296 e. The molecule has 1 aromatic carbocycles. The van der Waals surface area contributed by atoms with Gasteiger partial charge in [0.05, 0.1) is 11.5 Å². The van der Waals surface area contributed by atoms with Crippen LogP contribution in [0.2, 0.25) is 0 Å². The number of nitro benzene ring substituents is 1. The van der Waals surface area contributed by atoms with E-state index in [1.807, 2.05) is 25.8 Å². The molecule has 1 aromatic rings. The molecule has 92 valence electrons. The Balaban J connectivity index is 2.73. The molecule has 1 rings (SSSR count). The number of ketones is 1. The van der Waals surface area contributed by atoms with E-state index in [0.29, 0.717) is 12.1 Å². The molecule has 5 heteroatoms. The van der Waals surface area contributed by atoms with Crippen molar-refractivity contribution in [3.05, 3.63) is 39.9 Å². The number of hydrogen-bond acceptors (Lipinski definition) is 4. The molecule has 0 atom stereocenters. The van der Waals surface area contributed by atoms with Crippen LogP contribution >= 0.6 is 0 Å². The van der Waals surface area contributed by atoms with Crippen LogP contribution in [0.5, 0.6) is 0 Å². The molecule has 5 nitrogen and oxygen atoms in total. The summed E-state index contributed by atoms with van der Waals surface area (Å²) in [6, 6.07) is 5.98. The quantitative estimate of drug-likeness (QED) is 0.446. The SMILES string of the molecule is CC(C)N(C)CC(=O)c1ccc([N+](=O)[O-])cc1. The second-order valence-corrected chi connectivity index (χ2v) is 4.24. The molecule has 0 heterocycles. The van der Waals surface area contributed by atoms with Crippen molar-refractivity contribution in [2.45, 2.75) is 19.9 Å². The lowest BCUT2D eigenvalue weighted by atomic mass is 10.1. The fourth-order valence-electron chi connectivity index (χ4n) is 1.27. The zero-order chi connectivity index (χ0) is 13.0. The number of nitrogens with zero attached hydrogens (tertiary/aromatic N) is 2. The lowest BCUT2D eigenvalue weighted by Crippen LogP contribution is -2.31. The van der Waals surface area contributed by atoms with Gasteiger partial charge in [0.2, 0.25) is 0 Å². The van der Waals surface area contributed by atoms with Gasteiger partial charge in [0.1, 0.15) is 0 Å². The summed E-state index contributed by atoms with van der Waals surface area (Å²) in [4.78, 5) is 23.7. The highest BCUT2D eigenvalue weighted by atomic mass is 16.6. The van der Waals surface area contributed by atoms with E-state index >= 15 is 0 Å². The van der Waals surface area contributed by atoms with E-state index in [1.54, 1.807) is 0 Å². The van der Waals surface area contributed by atoms with E-state index < -0.39 is 4.92 Å². The first-order chi connectivity index (χ1) is 7.91. The lowest BCUT2D eigenvalue weighted by Gasteiger charge is -2.19. The normalized spacial score (nSPS) is 10.9. The minimum atomic E-state index is -0.478. The summed E-state index contributed by atoms with van der Waals surface area (Å²) >= 11 is 0. The van der Waals surface area contributed by atoms with Crippen molar-refractivity contribution in [3.8, 4) is 0 Å². The summed E-state index contributed by atoms with van der Waals surface area (Å²) in [6.45, 7) is 4.32. The summed E-state index contributed by atoms with van der Waals surface area (Å²) in [5, 5.41) is 10.5. The highest BCUT2D eigenvalue weighted by Crippen LogP contribution is 2.12. The number of hydrogen-bond donors (Lipinski definition) is 0. The van der Waals surface area contributed by atoms with E-state index in [0.717, 1.165) is 0 Å². The first kappa shape index (κ1) is 13.3. The standard InChI is InChI=1S/C12H16N2O3/c1-9(2)13(3)8-12(15)10-4-6-11(7-5-10)14(16)17/h4-7,9H,8H2,1-3H3. The van der Waals surface area contributed by atoms with Crippen molar-refractivity contribution < 1.29 is 9.72 Å². The molecule has 0 N–H and O–H groups in total. The van der Waals surface area contributed by atoms with Crippen LogP contribution in [0.1, 0.15) is 24.2 Å². The van der Waals surface area contributed by atoms with Crippen LogP contribution < -0.4 is 0 Å². The Morgan fingerprint density at radius 3 is 2.29 bits per heavy atom. The van der Waals surface area contributed by atoms with Gasteiger partial charge in [-0.15, -0.1) is 0 Å². The average Bonchev–Trinajstić information content (AvgIpc) is 2.28. The second kappa shape index (κ2) is 5.54. The molecule has 17 heavy (non-hydrogen) atoms. The van der Waals surface area contributed by atoms with E-state index in [4.69, 9.17) is 0 Å². The Kier molecular flexibility index (Phi) is 4.34. The van der Waals surface area contributed by atoms with E-state index in [2.05, 4.69) is 0 Å². The van der Waals surface area contributed by atoms with Gasteiger partial charge in [0.15, 0.2) is 5.78 Å². The highest BCUT2D eigenvalue weighted by Gasteiger charge is 2.13. The first-order valence-electron chi connectivity index (χ1n) is 5.39. The molecule has 0 unspecified atom stereocenters. The second-order valence-electron chi connectivity index (χ2n) is 4.24. The van der Waals surface area contributed by atoms with Gasteiger partial charge in [-0.05, 0) is 33.0 Å². The van der Waals surface area contributed by atoms with Crippen LogP contribution in [0, 0.1) is 10.1 Å². The fourth-order valence-corrected chi connectivity index (χ4v) is 1.27. The number of non-ortho nitro benzene ring substituents is 1. The third-order valence-electron chi connectivity index (χ3n) is 2.67. The van der Waals surface area contributed by atoms with Gasteiger partial charge in [-0.2, -0.15) is 0 Å². The molecule has 0 aliphatic rings. The molecule has 0 saturated carbocycles. The van der Waals surface area contributed by atoms with Crippen LogP contribution in [-0.2, 0) is 0 Å². The Labute approximate surface area is 100 Å². The summed E-state index contributed by atoms with van der Waals surface area (Å²) < 4.78 is 0.